The topological polar surface area (TPSA) is 27.7 Å². The summed E-state index contributed by atoms with van der Waals surface area (Å²) >= 11 is 0. The fourth-order valence-corrected chi connectivity index (χ4v) is 2.20. The molecule has 1 fully saturated rings. The Morgan fingerprint density at radius 1 is 1.24 bits per heavy atom. The third kappa shape index (κ3) is 2.20. The molecular formula is C12H12F2O3. The van der Waals surface area contributed by atoms with E-state index in [9.17, 15) is 8.78 Å². The highest BCUT2D eigenvalue weighted by Crippen LogP contribution is 2.41. The summed E-state index contributed by atoms with van der Waals surface area (Å²) in [7, 11) is 0. The van der Waals surface area contributed by atoms with Gasteiger partial charge in [0.05, 0.1) is 0 Å². The van der Waals surface area contributed by atoms with Crippen LogP contribution in [0.1, 0.15) is 12.0 Å². The minimum absolute atomic E-state index is 0.0985. The predicted molar refractivity (Wildman–Crippen MR) is 55.3 cm³/mol. The molecule has 1 saturated heterocycles. The molecule has 0 bridgehead atoms. The molecule has 92 valence electrons. The molecule has 1 atom stereocenters. The van der Waals surface area contributed by atoms with Crippen molar-refractivity contribution in [1.29, 1.82) is 0 Å². The minimum Gasteiger partial charge on any atom is -0.395 e. The number of alkyl halides is 2. The third-order valence-corrected chi connectivity index (χ3v) is 3.01. The van der Waals surface area contributed by atoms with Gasteiger partial charge in [0.25, 0.3) is 0 Å². The van der Waals surface area contributed by atoms with Crippen molar-refractivity contribution in [3.05, 3.63) is 23.8 Å². The lowest BCUT2D eigenvalue weighted by Crippen LogP contribution is -2.25. The maximum absolute atomic E-state index is 12.8. The monoisotopic (exact) mass is 242 g/mol. The first-order valence-electron chi connectivity index (χ1n) is 5.59. The number of fused-ring (bicyclic) bond motifs is 1. The molecule has 1 aromatic carbocycles. The van der Waals surface area contributed by atoms with E-state index in [1.54, 1.807) is 12.1 Å². The Kier molecular flexibility index (Phi) is 2.43. The maximum Gasteiger partial charge on any atom is 0.586 e. The van der Waals surface area contributed by atoms with Crippen molar-refractivity contribution in [2.24, 2.45) is 5.92 Å². The second-order valence-electron chi connectivity index (χ2n) is 4.38. The van der Waals surface area contributed by atoms with Crippen LogP contribution in [0.3, 0.4) is 0 Å². The van der Waals surface area contributed by atoms with E-state index in [1.807, 2.05) is 0 Å². The van der Waals surface area contributed by atoms with Gasteiger partial charge in [-0.15, -0.1) is 8.78 Å². The van der Waals surface area contributed by atoms with E-state index in [0.717, 1.165) is 31.6 Å². The van der Waals surface area contributed by atoms with Gasteiger partial charge in [0.2, 0.25) is 0 Å². The summed E-state index contributed by atoms with van der Waals surface area (Å²) < 4.78 is 39.6. The van der Waals surface area contributed by atoms with Crippen molar-refractivity contribution < 1.29 is 23.0 Å². The summed E-state index contributed by atoms with van der Waals surface area (Å²) in [6, 6.07) is 4.94. The molecule has 0 N–H and O–H groups in total. The van der Waals surface area contributed by atoms with Crippen molar-refractivity contribution in [2.45, 2.75) is 19.1 Å². The van der Waals surface area contributed by atoms with Crippen molar-refractivity contribution in [2.75, 3.05) is 13.2 Å². The van der Waals surface area contributed by atoms with Gasteiger partial charge in [-0.2, -0.15) is 0 Å². The van der Waals surface area contributed by atoms with Gasteiger partial charge in [-0.1, -0.05) is 6.07 Å². The Morgan fingerprint density at radius 2 is 2.06 bits per heavy atom. The van der Waals surface area contributed by atoms with E-state index < -0.39 is 6.29 Å². The summed E-state index contributed by atoms with van der Waals surface area (Å²) in [5.41, 5.74) is 0.973. The fraction of sp³-hybridized carbons (Fsp3) is 0.500. The zero-order valence-electron chi connectivity index (χ0n) is 9.12. The molecular weight excluding hydrogens is 230 g/mol. The van der Waals surface area contributed by atoms with Crippen LogP contribution in [0.4, 0.5) is 8.78 Å². The number of hydrogen-bond donors (Lipinski definition) is 0. The summed E-state index contributed by atoms with van der Waals surface area (Å²) in [6.45, 7) is 1.53. The highest BCUT2D eigenvalue weighted by atomic mass is 19.3. The van der Waals surface area contributed by atoms with Gasteiger partial charge < -0.3 is 14.2 Å². The Labute approximate surface area is 97.3 Å². The van der Waals surface area contributed by atoms with Crippen LogP contribution < -0.4 is 9.47 Å². The Balaban J connectivity index is 1.76. The average molecular weight is 242 g/mol. The molecule has 0 aliphatic carbocycles. The predicted octanol–water partition coefficient (Wildman–Crippen LogP) is 2.59. The molecule has 0 radical (unpaired) electrons. The van der Waals surface area contributed by atoms with Crippen LogP contribution >= 0.6 is 0 Å². The standard InChI is InChI=1S/C12H12F2O3/c13-12(14)16-10-2-1-8(6-11(10)17-12)5-9-3-4-15-7-9/h1-2,6,9H,3-5,7H2. The fourth-order valence-electron chi connectivity index (χ4n) is 2.20. The Morgan fingerprint density at radius 3 is 2.82 bits per heavy atom. The maximum atomic E-state index is 12.8. The SMILES string of the molecule is FC1(F)Oc2ccc(CC3CCOC3)cc2O1. The average Bonchev–Trinajstić information content (AvgIpc) is 2.83. The highest BCUT2D eigenvalue weighted by Gasteiger charge is 2.43. The van der Waals surface area contributed by atoms with Crippen LogP contribution in [0.2, 0.25) is 0 Å². The van der Waals surface area contributed by atoms with Crippen LogP contribution in [0, 0.1) is 5.92 Å². The van der Waals surface area contributed by atoms with Crippen molar-refractivity contribution in [3.63, 3.8) is 0 Å². The molecule has 0 aromatic heterocycles. The molecule has 0 spiro atoms. The zero-order chi connectivity index (χ0) is 11.9. The smallest absolute Gasteiger partial charge is 0.395 e. The summed E-state index contributed by atoms with van der Waals surface area (Å²) in [4.78, 5) is 0. The van der Waals surface area contributed by atoms with Crippen LogP contribution in [-0.4, -0.2) is 19.5 Å². The lowest BCUT2D eigenvalue weighted by atomic mass is 9.98. The first-order chi connectivity index (χ1) is 8.12. The van der Waals surface area contributed by atoms with E-state index >= 15 is 0 Å². The minimum atomic E-state index is -3.53. The van der Waals surface area contributed by atoms with Crippen molar-refractivity contribution >= 4 is 0 Å². The number of ether oxygens (including phenoxy) is 3. The van der Waals surface area contributed by atoms with Crippen LogP contribution in [-0.2, 0) is 11.2 Å². The Hall–Kier alpha value is -1.36. The van der Waals surface area contributed by atoms with Gasteiger partial charge in [0.1, 0.15) is 0 Å². The van der Waals surface area contributed by atoms with Crippen molar-refractivity contribution in [3.8, 4) is 11.5 Å². The molecule has 2 aliphatic rings. The highest BCUT2D eigenvalue weighted by molar-refractivity contribution is 5.45. The third-order valence-electron chi connectivity index (χ3n) is 3.01. The second kappa shape index (κ2) is 3.84. The molecule has 1 unspecified atom stereocenters. The van der Waals surface area contributed by atoms with Crippen LogP contribution in [0.5, 0.6) is 11.5 Å². The van der Waals surface area contributed by atoms with Gasteiger partial charge in [0.15, 0.2) is 11.5 Å². The molecule has 0 saturated carbocycles. The Bertz CT molecular complexity index is 428. The normalized spacial score (nSPS) is 25.2. The molecule has 2 aliphatic heterocycles. The largest absolute Gasteiger partial charge is 0.586 e. The van der Waals surface area contributed by atoms with Gasteiger partial charge in [-0.25, -0.2) is 0 Å². The molecule has 3 nitrogen and oxygen atoms in total. The number of hydrogen-bond acceptors (Lipinski definition) is 3. The molecule has 3 rings (SSSR count). The van der Waals surface area contributed by atoms with Gasteiger partial charge in [0, 0.05) is 13.2 Å². The summed E-state index contributed by atoms with van der Waals surface area (Å²) in [5, 5.41) is 0. The molecule has 1 aromatic rings. The van der Waals surface area contributed by atoms with E-state index in [1.165, 1.54) is 6.07 Å². The lowest BCUT2D eigenvalue weighted by Gasteiger charge is -2.07. The van der Waals surface area contributed by atoms with Gasteiger partial charge in [-0.3, -0.25) is 0 Å². The number of halogens is 2. The second-order valence-corrected chi connectivity index (χ2v) is 4.38. The number of rotatable bonds is 2. The number of benzene rings is 1. The van der Waals surface area contributed by atoms with Crippen LogP contribution in [0.15, 0.2) is 18.2 Å². The summed E-state index contributed by atoms with van der Waals surface area (Å²) in [5.74, 6) is 0.684. The quantitative estimate of drug-likeness (QED) is 0.797. The van der Waals surface area contributed by atoms with Crippen LogP contribution in [0.25, 0.3) is 0 Å². The first-order valence-corrected chi connectivity index (χ1v) is 5.59. The van der Waals surface area contributed by atoms with Gasteiger partial charge in [-0.05, 0) is 36.5 Å². The molecule has 17 heavy (non-hydrogen) atoms. The molecule has 2 heterocycles. The molecule has 5 heteroatoms. The lowest BCUT2D eigenvalue weighted by molar-refractivity contribution is -0.286. The van der Waals surface area contributed by atoms with E-state index in [2.05, 4.69) is 9.47 Å². The van der Waals surface area contributed by atoms with E-state index in [-0.39, 0.29) is 11.5 Å². The summed E-state index contributed by atoms with van der Waals surface area (Å²) in [6.07, 6.45) is -1.69. The van der Waals surface area contributed by atoms with E-state index in [4.69, 9.17) is 4.74 Å². The first kappa shape index (κ1) is 10.8. The van der Waals surface area contributed by atoms with Gasteiger partial charge >= 0.3 is 6.29 Å². The van der Waals surface area contributed by atoms with E-state index in [0.29, 0.717) is 5.92 Å². The van der Waals surface area contributed by atoms with Crippen molar-refractivity contribution in [1.82, 2.24) is 0 Å². The zero-order valence-corrected chi connectivity index (χ0v) is 9.12. The molecule has 0 amide bonds.